The van der Waals surface area contributed by atoms with Gasteiger partial charge < -0.3 is 14.8 Å². The predicted molar refractivity (Wildman–Crippen MR) is 81.6 cm³/mol. The van der Waals surface area contributed by atoms with Crippen molar-refractivity contribution in [3.63, 3.8) is 0 Å². The summed E-state index contributed by atoms with van der Waals surface area (Å²) in [5.41, 5.74) is -1.26. The van der Waals surface area contributed by atoms with E-state index in [4.69, 9.17) is 4.74 Å². The number of ether oxygens (including phenoxy) is 2. The third-order valence-corrected chi connectivity index (χ3v) is 3.26. The van der Waals surface area contributed by atoms with Gasteiger partial charge in [0, 0.05) is 11.8 Å². The van der Waals surface area contributed by atoms with Crippen molar-refractivity contribution in [1.82, 2.24) is 4.98 Å². The van der Waals surface area contributed by atoms with E-state index < -0.39 is 24.4 Å². The molecule has 0 radical (unpaired) electrons. The second-order valence-electron chi connectivity index (χ2n) is 5.03. The zero-order chi connectivity index (χ0) is 19.5. The minimum Gasteiger partial charge on any atom is -0.493 e. The third kappa shape index (κ3) is 4.58. The van der Waals surface area contributed by atoms with E-state index in [1.807, 2.05) is 0 Å². The van der Waals surface area contributed by atoms with Crippen LogP contribution in [-0.2, 0) is 6.18 Å². The first-order chi connectivity index (χ1) is 12.1. The molecule has 0 aliphatic rings. The van der Waals surface area contributed by atoms with Crippen molar-refractivity contribution in [1.29, 1.82) is 0 Å². The Hall–Kier alpha value is -2.91. The summed E-state index contributed by atoms with van der Waals surface area (Å²) >= 11 is 0. The van der Waals surface area contributed by atoms with Crippen LogP contribution in [-0.4, -0.2) is 24.6 Å². The molecule has 0 saturated carbocycles. The SMILES string of the molecule is COc1ccc(NC(=O)c2ccc(C(F)(F)F)nc2C)cc1OC(F)F. The van der Waals surface area contributed by atoms with Crippen LogP contribution >= 0.6 is 0 Å². The number of amides is 1. The molecule has 1 N–H and O–H groups in total. The van der Waals surface area contributed by atoms with E-state index in [2.05, 4.69) is 15.0 Å². The number of nitrogens with one attached hydrogen (secondary N) is 1. The van der Waals surface area contributed by atoms with Gasteiger partial charge in [0.2, 0.25) is 0 Å². The number of halogens is 5. The topological polar surface area (TPSA) is 60.5 Å². The molecule has 140 valence electrons. The molecule has 1 amide bonds. The molecule has 26 heavy (non-hydrogen) atoms. The van der Waals surface area contributed by atoms with E-state index in [0.717, 1.165) is 12.1 Å². The molecule has 0 bridgehead atoms. The first-order valence-corrected chi connectivity index (χ1v) is 7.11. The Morgan fingerprint density at radius 3 is 2.38 bits per heavy atom. The van der Waals surface area contributed by atoms with E-state index in [1.54, 1.807) is 0 Å². The largest absolute Gasteiger partial charge is 0.493 e. The molecule has 0 aliphatic carbocycles. The number of methoxy groups -OCH3 is 1. The van der Waals surface area contributed by atoms with E-state index in [9.17, 15) is 26.7 Å². The summed E-state index contributed by atoms with van der Waals surface area (Å²) in [4.78, 5) is 15.6. The Balaban J connectivity index is 2.24. The first-order valence-electron chi connectivity index (χ1n) is 7.11. The number of alkyl halides is 5. The molecule has 0 spiro atoms. The maximum absolute atomic E-state index is 12.6. The standard InChI is InChI=1S/C16H13F5N2O3/c1-8-10(4-6-13(22-8)16(19,20)21)14(24)23-9-3-5-11(25-2)12(7-9)26-15(17)18/h3-7,15H,1-2H3,(H,23,24). The first kappa shape index (κ1) is 19.4. The Morgan fingerprint density at radius 1 is 1.15 bits per heavy atom. The maximum Gasteiger partial charge on any atom is 0.433 e. The van der Waals surface area contributed by atoms with Crippen molar-refractivity contribution in [2.75, 3.05) is 12.4 Å². The molecule has 1 heterocycles. The number of hydrogen-bond donors (Lipinski definition) is 1. The highest BCUT2D eigenvalue weighted by molar-refractivity contribution is 6.05. The zero-order valence-electron chi connectivity index (χ0n) is 13.5. The summed E-state index contributed by atoms with van der Waals surface area (Å²) in [7, 11) is 1.25. The molecule has 1 aromatic carbocycles. The van der Waals surface area contributed by atoms with Crippen LogP contribution in [0.4, 0.5) is 27.6 Å². The number of rotatable bonds is 5. The van der Waals surface area contributed by atoms with Gasteiger partial charge in [-0.1, -0.05) is 0 Å². The van der Waals surface area contributed by atoms with Crippen molar-refractivity contribution in [2.24, 2.45) is 0 Å². The lowest BCUT2D eigenvalue weighted by Crippen LogP contribution is -2.16. The monoisotopic (exact) mass is 376 g/mol. The summed E-state index contributed by atoms with van der Waals surface area (Å²) in [6, 6.07) is 5.44. The average Bonchev–Trinajstić information content (AvgIpc) is 2.53. The summed E-state index contributed by atoms with van der Waals surface area (Å²) in [5, 5.41) is 2.38. The van der Waals surface area contributed by atoms with Gasteiger partial charge in [0.1, 0.15) is 5.69 Å². The third-order valence-electron chi connectivity index (χ3n) is 3.26. The Morgan fingerprint density at radius 2 is 1.85 bits per heavy atom. The van der Waals surface area contributed by atoms with Gasteiger partial charge >= 0.3 is 12.8 Å². The number of nitrogens with zero attached hydrogens (tertiary/aromatic N) is 1. The van der Waals surface area contributed by atoms with Crippen molar-refractivity contribution < 1.29 is 36.2 Å². The Bertz CT molecular complexity index is 809. The van der Waals surface area contributed by atoms with Crippen LogP contribution in [0, 0.1) is 6.92 Å². The summed E-state index contributed by atoms with van der Waals surface area (Å²) < 4.78 is 71.8. The summed E-state index contributed by atoms with van der Waals surface area (Å²) in [5.74, 6) is -1.03. The van der Waals surface area contributed by atoms with E-state index in [0.29, 0.717) is 6.07 Å². The Kier molecular flexibility index (Phi) is 5.63. The van der Waals surface area contributed by atoms with Crippen LogP contribution in [0.15, 0.2) is 30.3 Å². The number of carbonyl (C=O) groups excluding carboxylic acids is 1. The van der Waals surface area contributed by atoms with Gasteiger partial charge in [0.25, 0.3) is 5.91 Å². The highest BCUT2D eigenvalue weighted by Gasteiger charge is 2.33. The molecular weight excluding hydrogens is 363 g/mol. The number of benzene rings is 1. The highest BCUT2D eigenvalue weighted by atomic mass is 19.4. The fraction of sp³-hybridized carbons (Fsp3) is 0.250. The lowest BCUT2D eigenvalue weighted by Gasteiger charge is -2.13. The number of carbonyl (C=O) groups is 1. The van der Waals surface area contributed by atoms with Crippen LogP contribution in [0.3, 0.4) is 0 Å². The molecule has 2 aromatic rings. The van der Waals surface area contributed by atoms with Crippen molar-refractivity contribution in [3.05, 3.63) is 47.3 Å². The predicted octanol–water partition coefficient (Wildman–Crippen LogP) is 4.27. The molecule has 10 heteroatoms. The molecule has 0 aliphatic heterocycles. The highest BCUT2D eigenvalue weighted by Crippen LogP contribution is 2.32. The lowest BCUT2D eigenvalue weighted by atomic mass is 10.1. The molecule has 0 fully saturated rings. The minimum absolute atomic E-state index is 0.0238. The molecule has 2 rings (SSSR count). The number of anilines is 1. The van der Waals surface area contributed by atoms with Crippen LogP contribution in [0.2, 0.25) is 0 Å². The normalized spacial score (nSPS) is 11.4. The van der Waals surface area contributed by atoms with Crippen LogP contribution in [0.5, 0.6) is 11.5 Å². The number of pyridine rings is 1. The number of aromatic nitrogens is 1. The molecule has 0 atom stereocenters. The number of hydrogen-bond acceptors (Lipinski definition) is 4. The zero-order valence-corrected chi connectivity index (χ0v) is 13.5. The fourth-order valence-electron chi connectivity index (χ4n) is 2.10. The van der Waals surface area contributed by atoms with E-state index >= 15 is 0 Å². The minimum atomic E-state index is -4.63. The molecule has 5 nitrogen and oxygen atoms in total. The van der Waals surface area contributed by atoms with Gasteiger partial charge in [0.05, 0.1) is 18.4 Å². The quantitative estimate of drug-likeness (QED) is 0.792. The van der Waals surface area contributed by atoms with Crippen molar-refractivity contribution >= 4 is 11.6 Å². The van der Waals surface area contributed by atoms with Gasteiger partial charge in [-0.3, -0.25) is 4.79 Å². The summed E-state index contributed by atoms with van der Waals surface area (Å²) in [6.45, 7) is -1.85. The number of aryl methyl sites for hydroxylation is 1. The van der Waals surface area contributed by atoms with Gasteiger partial charge in [-0.15, -0.1) is 0 Å². The summed E-state index contributed by atoms with van der Waals surface area (Å²) in [6.07, 6.45) is -4.63. The van der Waals surface area contributed by atoms with E-state index in [-0.39, 0.29) is 28.4 Å². The van der Waals surface area contributed by atoms with E-state index in [1.165, 1.54) is 26.2 Å². The van der Waals surface area contributed by atoms with Crippen LogP contribution in [0.1, 0.15) is 21.7 Å². The fourth-order valence-corrected chi connectivity index (χ4v) is 2.10. The van der Waals surface area contributed by atoms with Crippen LogP contribution in [0.25, 0.3) is 0 Å². The van der Waals surface area contributed by atoms with Crippen molar-refractivity contribution in [2.45, 2.75) is 19.7 Å². The second kappa shape index (κ2) is 7.54. The smallest absolute Gasteiger partial charge is 0.433 e. The molecule has 1 aromatic heterocycles. The molecule has 0 saturated heterocycles. The lowest BCUT2D eigenvalue weighted by molar-refractivity contribution is -0.141. The average molecular weight is 376 g/mol. The van der Waals surface area contributed by atoms with Gasteiger partial charge in [-0.05, 0) is 31.2 Å². The Labute approximate surface area is 144 Å². The second-order valence-corrected chi connectivity index (χ2v) is 5.03. The van der Waals surface area contributed by atoms with Gasteiger partial charge in [0.15, 0.2) is 11.5 Å². The molecular formula is C16H13F5N2O3. The van der Waals surface area contributed by atoms with Gasteiger partial charge in [-0.25, -0.2) is 4.98 Å². The molecule has 0 unspecified atom stereocenters. The van der Waals surface area contributed by atoms with Crippen LogP contribution < -0.4 is 14.8 Å². The maximum atomic E-state index is 12.6. The van der Waals surface area contributed by atoms with Crippen molar-refractivity contribution in [3.8, 4) is 11.5 Å². The van der Waals surface area contributed by atoms with Gasteiger partial charge in [-0.2, -0.15) is 22.0 Å².